The van der Waals surface area contributed by atoms with Gasteiger partial charge in [-0.25, -0.2) is 0 Å². The molecule has 0 bridgehead atoms. The Balaban J connectivity index is 1.04. The van der Waals surface area contributed by atoms with Crippen LogP contribution in [0, 0.1) is 56.2 Å². The minimum Gasteiger partial charge on any atom is -0.465 e. The van der Waals surface area contributed by atoms with Gasteiger partial charge in [0, 0.05) is 10.8 Å². The highest BCUT2D eigenvalue weighted by Gasteiger charge is 2.57. The van der Waals surface area contributed by atoms with E-state index in [0.717, 1.165) is 38.5 Å². The van der Waals surface area contributed by atoms with Crippen LogP contribution in [0.4, 0.5) is 0 Å². The molecule has 0 unspecified atom stereocenters. The van der Waals surface area contributed by atoms with Gasteiger partial charge in [-0.05, 0) is 122 Å². The largest absolute Gasteiger partial charge is 0.465 e. The van der Waals surface area contributed by atoms with Crippen molar-refractivity contribution in [1.29, 1.82) is 0 Å². The lowest BCUT2D eigenvalue weighted by molar-refractivity contribution is -0.163. The molecule has 0 aromatic rings. The summed E-state index contributed by atoms with van der Waals surface area (Å²) in [7, 11) is 0. The number of rotatable bonds is 8. The summed E-state index contributed by atoms with van der Waals surface area (Å²) in [6, 6.07) is 0. The van der Waals surface area contributed by atoms with E-state index in [-0.39, 0.29) is 38.9 Å². The molecule has 0 aromatic heterocycles. The highest BCUT2D eigenvalue weighted by Crippen LogP contribution is 2.65. The number of allylic oxidation sites excluding steroid dienone is 6. The summed E-state index contributed by atoms with van der Waals surface area (Å²) in [5.74, 6) is 1.37. The van der Waals surface area contributed by atoms with Gasteiger partial charge in [0.05, 0.1) is 13.2 Å². The minimum atomic E-state index is -0.437. The summed E-state index contributed by atoms with van der Waals surface area (Å²) in [6.45, 7) is 23.4. The summed E-state index contributed by atoms with van der Waals surface area (Å²) in [5, 5.41) is 0. The molecule has 6 rings (SSSR count). The number of esters is 2. The summed E-state index contributed by atoms with van der Waals surface area (Å²) in [4.78, 5) is 26.2. The lowest BCUT2D eigenvalue weighted by Crippen LogP contribution is -2.52. The molecule has 0 heterocycles. The van der Waals surface area contributed by atoms with Crippen molar-refractivity contribution in [2.45, 2.75) is 138 Å². The van der Waals surface area contributed by atoms with Crippen LogP contribution in [0.15, 0.2) is 48.6 Å². The second-order valence-corrected chi connectivity index (χ2v) is 18.9. The first-order valence-electron chi connectivity index (χ1n) is 19.1. The topological polar surface area (TPSA) is 52.6 Å². The van der Waals surface area contributed by atoms with Crippen molar-refractivity contribution in [3.05, 3.63) is 48.6 Å². The summed E-state index contributed by atoms with van der Waals surface area (Å²) < 4.78 is 11.9. The first kappa shape index (κ1) is 34.8. The molecule has 4 heteroatoms. The van der Waals surface area contributed by atoms with Crippen LogP contribution in [0.25, 0.3) is 0 Å². The zero-order valence-corrected chi connectivity index (χ0v) is 30.7. The second-order valence-electron chi connectivity index (χ2n) is 18.9. The van der Waals surface area contributed by atoms with Gasteiger partial charge in [0.2, 0.25) is 0 Å². The van der Waals surface area contributed by atoms with Crippen molar-refractivity contribution in [2.24, 2.45) is 56.2 Å². The maximum atomic E-state index is 13.1. The normalized spacial score (nSPS) is 45.8. The fraction of sp³-hybridized carbons (Fsp3) is 0.767. The number of fused-ring (bicyclic) bond motifs is 6. The van der Waals surface area contributed by atoms with E-state index in [4.69, 9.17) is 9.47 Å². The van der Waals surface area contributed by atoms with Gasteiger partial charge in [0.1, 0.15) is 6.42 Å². The van der Waals surface area contributed by atoms with Crippen LogP contribution >= 0.6 is 0 Å². The molecule has 260 valence electrons. The molecule has 0 radical (unpaired) electrons. The minimum absolute atomic E-state index is 0.0760. The standard InChI is InChI=1S/C43H64O4/c1-9-38(3)23-17-32-30(26-38)13-15-34-40(5,19-11-21-42(32,34)7)28-46-36(44)25-37(45)47-29-41(6)20-12-22-43(8)33-18-24-39(4,10-2)27-31(33)14-16-35(41)43/h9-10,17-18,30-31,34-35H,1-2,11-16,19-29H2,3-8H3/t30-,31-,34-,35-,38+,39+,40-,41-,42-,43-/m0/s1. The van der Waals surface area contributed by atoms with Crippen molar-refractivity contribution in [3.63, 3.8) is 0 Å². The molecular formula is C43H64O4. The van der Waals surface area contributed by atoms with E-state index < -0.39 is 11.9 Å². The maximum Gasteiger partial charge on any atom is 0.317 e. The van der Waals surface area contributed by atoms with Crippen molar-refractivity contribution < 1.29 is 19.1 Å². The first-order chi connectivity index (χ1) is 22.1. The van der Waals surface area contributed by atoms with E-state index in [9.17, 15) is 9.59 Å². The molecule has 0 amide bonds. The molecular weight excluding hydrogens is 580 g/mol. The van der Waals surface area contributed by atoms with Crippen LogP contribution in [0.3, 0.4) is 0 Å². The molecule has 0 aliphatic heterocycles. The first-order valence-corrected chi connectivity index (χ1v) is 19.1. The van der Waals surface area contributed by atoms with Gasteiger partial charge in [0.25, 0.3) is 0 Å². The van der Waals surface area contributed by atoms with Crippen LogP contribution < -0.4 is 0 Å². The number of hydrogen-bond acceptors (Lipinski definition) is 4. The SMILES string of the molecule is C=C[C@]1(C)CC=C2[C@@H](CC[C@H]3[C@](C)(COC(=O)CC(=O)OC[C@]4(C)CCC[C@@]5(C)C6=CC[C@@](C)(C=C)C[C@@H]6CC[C@@H]45)CCC[C@@]23C)C1. The van der Waals surface area contributed by atoms with E-state index in [1.807, 2.05) is 0 Å². The Morgan fingerprint density at radius 3 is 1.47 bits per heavy atom. The van der Waals surface area contributed by atoms with Crippen LogP contribution in [0.1, 0.15) is 138 Å². The van der Waals surface area contributed by atoms with E-state index in [2.05, 4.69) is 79.0 Å². The fourth-order valence-corrected chi connectivity index (χ4v) is 12.6. The summed E-state index contributed by atoms with van der Waals surface area (Å²) in [6.07, 6.45) is 25.3. The average molecular weight is 645 g/mol. The smallest absolute Gasteiger partial charge is 0.317 e. The monoisotopic (exact) mass is 644 g/mol. The zero-order chi connectivity index (χ0) is 33.9. The van der Waals surface area contributed by atoms with Gasteiger partial charge in [-0.3, -0.25) is 9.59 Å². The molecule has 0 N–H and O–H groups in total. The molecule has 6 aliphatic rings. The second kappa shape index (κ2) is 12.3. The highest BCUT2D eigenvalue weighted by molar-refractivity contribution is 5.91. The average Bonchev–Trinajstić information content (AvgIpc) is 3.02. The third kappa shape index (κ3) is 6.16. The van der Waals surface area contributed by atoms with Crippen LogP contribution in [0.5, 0.6) is 0 Å². The molecule has 4 saturated carbocycles. The molecule has 0 saturated heterocycles. The molecule has 4 nitrogen and oxygen atoms in total. The zero-order valence-electron chi connectivity index (χ0n) is 30.7. The van der Waals surface area contributed by atoms with Crippen LogP contribution in [-0.4, -0.2) is 25.2 Å². The lowest BCUT2D eigenvalue weighted by atomic mass is 9.46. The number of carbonyl (C=O) groups is 2. The molecule has 4 fully saturated rings. The van der Waals surface area contributed by atoms with E-state index in [1.54, 1.807) is 11.1 Å². The van der Waals surface area contributed by atoms with E-state index in [0.29, 0.717) is 36.9 Å². The quantitative estimate of drug-likeness (QED) is 0.150. The molecule has 0 aromatic carbocycles. The Kier molecular flexibility index (Phi) is 9.13. The molecule has 47 heavy (non-hydrogen) atoms. The van der Waals surface area contributed by atoms with Crippen molar-refractivity contribution in [3.8, 4) is 0 Å². The predicted molar refractivity (Wildman–Crippen MR) is 190 cm³/mol. The van der Waals surface area contributed by atoms with E-state index in [1.165, 1.54) is 51.4 Å². The number of ether oxygens (including phenoxy) is 2. The Labute approximate surface area is 286 Å². The van der Waals surface area contributed by atoms with Crippen LogP contribution in [-0.2, 0) is 19.1 Å². The maximum absolute atomic E-state index is 13.1. The summed E-state index contributed by atoms with van der Waals surface area (Å²) in [5.41, 5.74) is 3.88. The third-order valence-corrected chi connectivity index (χ3v) is 15.3. The molecule has 10 atom stereocenters. The Morgan fingerprint density at radius 1 is 0.681 bits per heavy atom. The Bertz CT molecular complexity index is 1240. The Hall–Kier alpha value is -2.10. The van der Waals surface area contributed by atoms with Gasteiger partial charge < -0.3 is 9.47 Å². The number of carbonyl (C=O) groups excluding carboxylic acids is 2. The van der Waals surface area contributed by atoms with Crippen molar-refractivity contribution >= 4 is 11.9 Å². The molecule has 6 aliphatic carbocycles. The highest BCUT2D eigenvalue weighted by atomic mass is 16.6. The van der Waals surface area contributed by atoms with Crippen molar-refractivity contribution in [2.75, 3.05) is 13.2 Å². The van der Waals surface area contributed by atoms with Gasteiger partial charge >= 0.3 is 11.9 Å². The Morgan fingerprint density at radius 2 is 1.09 bits per heavy atom. The molecule has 0 spiro atoms. The number of hydrogen-bond donors (Lipinski definition) is 0. The lowest BCUT2D eigenvalue weighted by Gasteiger charge is -2.59. The van der Waals surface area contributed by atoms with Gasteiger partial charge in [-0.2, -0.15) is 0 Å². The van der Waals surface area contributed by atoms with Gasteiger partial charge in [-0.1, -0.05) is 89.8 Å². The van der Waals surface area contributed by atoms with Crippen molar-refractivity contribution in [1.82, 2.24) is 0 Å². The van der Waals surface area contributed by atoms with Crippen LogP contribution in [0.2, 0.25) is 0 Å². The third-order valence-electron chi connectivity index (χ3n) is 15.3. The van der Waals surface area contributed by atoms with Gasteiger partial charge in [0.15, 0.2) is 0 Å². The van der Waals surface area contributed by atoms with Gasteiger partial charge in [-0.15, -0.1) is 13.2 Å². The van der Waals surface area contributed by atoms with E-state index >= 15 is 0 Å². The predicted octanol–water partition coefficient (Wildman–Crippen LogP) is 10.7. The summed E-state index contributed by atoms with van der Waals surface area (Å²) >= 11 is 0. The fourth-order valence-electron chi connectivity index (χ4n) is 12.6.